The minimum atomic E-state index is 0. The van der Waals surface area contributed by atoms with Gasteiger partial charge in [-0.05, 0) is 97.2 Å². The van der Waals surface area contributed by atoms with Crippen molar-refractivity contribution in [1.29, 1.82) is 0 Å². The fourth-order valence-electron chi connectivity index (χ4n) is 7.32. The smallest absolute Gasteiger partial charge is 0.263 e. The number of thioether (sulfide) groups is 2. The molecule has 0 bridgehead atoms. The molecule has 0 fully saturated rings. The van der Waals surface area contributed by atoms with Crippen molar-refractivity contribution in [2.45, 2.75) is 85.0 Å². The quantitative estimate of drug-likeness (QED) is 0.0755. The van der Waals surface area contributed by atoms with E-state index in [1.54, 1.807) is 34.9 Å². The zero-order valence-corrected chi connectivity index (χ0v) is 43.1. The van der Waals surface area contributed by atoms with Crippen LogP contribution in [-0.4, -0.2) is 31.8 Å². The van der Waals surface area contributed by atoms with Crippen LogP contribution in [0.15, 0.2) is 144 Å². The number of carbonyl (C=O) groups excluding carboxylic acids is 2. The van der Waals surface area contributed by atoms with Crippen molar-refractivity contribution in [3.63, 3.8) is 0 Å². The molecule has 2 aromatic carbocycles. The van der Waals surface area contributed by atoms with Crippen molar-refractivity contribution < 1.29 is 23.6 Å². The normalized spacial score (nSPS) is 17.9. The molecule has 0 atom stereocenters. The Kier molecular flexibility index (Phi) is 15.9. The van der Waals surface area contributed by atoms with Crippen LogP contribution in [0.25, 0.3) is 22.4 Å². The Morgan fingerprint density at radius 1 is 0.719 bits per heavy atom. The number of carbonyl (C=O) groups is 2. The van der Waals surface area contributed by atoms with Crippen molar-refractivity contribution in [2.24, 2.45) is 7.05 Å². The molecule has 0 amide bonds. The van der Waals surface area contributed by atoms with Gasteiger partial charge < -0.3 is 29.2 Å². The highest BCUT2D eigenvalue weighted by Crippen LogP contribution is 2.47. The summed E-state index contributed by atoms with van der Waals surface area (Å²) >= 11 is 6.97. The van der Waals surface area contributed by atoms with Crippen LogP contribution in [0, 0.1) is 14.9 Å². The van der Waals surface area contributed by atoms with Crippen molar-refractivity contribution in [3.05, 3.63) is 174 Å². The molecule has 10 heteroatoms. The maximum Gasteiger partial charge on any atom is 0.263 e. The lowest BCUT2D eigenvalue weighted by atomic mass is 9.84. The minimum absolute atomic E-state index is 0. The summed E-state index contributed by atoms with van der Waals surface area (Å²) in [4.78, 5) is 34.6. The first-order chi connectivity index (χ1) is 29.4. The van der Waals surface area contributed by atoms with Gasteiger partial charge in [0.05, 0.1) is 46.2 Å². The summed E-state index contributed by atoms with van der Waals surface area (Å²) in [6.07, 6.45) is 12.1. The molecule has 0 saturated heterocycles. The Hall–Kier alpha value is -4.74. The summed E-state index contributed by atoms with van der Waals surface area (Å²) < 4.78 is 15.2. The summed E-state index contributed by atoms with van der Waals surface area (Å²) in [7, 11) is 4.06. The Morgan fingerprint density at radius 3 is 1.80 bits per heavy atom. The van der Waals surface area contributed by atoms with E-state index in [9.17, 15) is 9.59 Å². The summed E-state index contributed by atoms with van der Waals surface area (Å²) in [6.45, 7) is 22.6. The van der Waals surface area contributed by atoms with Crippen LogP contribution < -0.4 is 9.47 Å². The zero-order chi connectivity index (χ0) is 44.7. The number of Topliss-reactive ketones (excluding diaryl/α,β-unsaturated/α-hetero) is 2. The van der Waals surface area contributed by atoms with Crippen molar-refractivity contribution in [3.8, 4) is 0 Å². The van der Waals surface area contributed by atoms with Crippen molar-refractivity contribution in [2.75, 3.05) is 25.2 Å². The minimum Gasteiger partial charge on any atom is -0.492 e. The Balaban J connectivity index is 0.000000234. The van der Waals surface area contributed by atoms with E-state index in [4.69, 9.17) is 9.47 Å². The highest BCUT2D eigenvalue weighted by Gasteiger charge is 2.38. The molecule has 0 radical (unpaired) electrons. The van der Waals surface area contributed by atoms with E-state index in [2.05, 4.69) is 113 Å². The lowest BCUT2D eigenvalue weighted by Gasteiger charge is -2.24. The molecule has 64 heavy (non-hydrogen) atoms. The van der Waals surface area contributed by atoms with Crippen LogP contribution in [0.5, 0.6) is 0 Å². The predicted molar refractivity (Wildman–Crippen MR) is 277 cm³/mol. The second kappa shape index (κ2) is 20.2. The van der Waals surface area contributed by atoms with Gasteiger partial charge in [0, 0.05) is 47.0 Å². The number of aromatic nitrogens is 1. The molecule has 4 aromatic rings. The number of rotatable bonds is 8. The first-order valence-corrected chi connectivity index (χ1v) is 24.3. The topological polar surface area (TPSA) is 59.7 Å². The first-order valence-electron chi connectivity index (χ1n) is 21.0. The molecule has 2 aliphatic carbocycles. The summed E-state index contributed by atoms with van der Waals surface area (Å²) in [5.41, 5.74) is 7.15. The second-order valence-electron chi connectivity index (χ2n) is 17.6. The van der Waals surface area contributed by atoms with Gasteiger partial charge in [0.15, 0.2) is 0 Å². The number of anilines is 1. The average molecular weight is 931 g/mol. The monoisotopic (exact) mass is 930 g/mol. The summed E-state index contributed by atoms with van der Waals surface area (Å²) in [5.74, 6) is 1.49. The molecule has 0 unspecified atom stereocenters. The van der Waals surface area contributed by atoms with Crippen LogP contribution in [0.3, 0.4) is 0 Å². The fourth-order valence-corrected chi connectivity index (χ4v) is 11.6. The fraction of sp³-hybridized carbons (Fsp3) is 0.296. The van der Waals surface area contributed by atoms with Gasteiger partial charge in [0.2, 0.25) is 38.2 Å². The van der Waals surface area contributed by atoms with E-state index in [0.29, 0.717) is 47.0 Å². The van der Waals surface area contributed by atoms with Crippen LogP contribution in [-0.2, 0) is 36.9 Å². The lowest BCUT2D eigenvalue weighted by Crippen LogP contribution is -2.30. The molecule has 6 nitrogen and oxygen atoms in total. The molecule has 336 valence electrons. The van der Waals surface area contributed by atoms with Gasteiger partial charge in [-0.1, -0.05) is 101 Å². The predicted octanol–water partition coefficient (Wildman–Crippen LogP) is 14.3. The molecule has 8 rings (SSSR count). The number of nitrogens with zero attached hydrogens (tertiary/aromatic N) is 2. The molecule has 4 heterocycles. The average Bonchev–Trinajstić information content (AvgIpc) is 3.72. The van der Waals surface area contributed by atoms with Gasteiger partial charge in [0.25, 0.3) is 5.01 Å². The van der Waals surface area contributed by atoms with Crippen molar-refractivity contribution >= 4 is 85.8 Å². The number of hydrogen-bond acceptors (Lipinski definition) is 8. The molecule has 4 aliphatic rings. The van der Waals surface area contributed by atoms with Crippen LogP contribution >= 0.6 is 46.2 Å². The van der Waals surface area contributed by atoms with E-state index >= 15 is 0 Å². The Bertz CT molecular complexity index is 2710. The highest BCUT2D eigenvalue weighted by atomic mass is 32.2. The van der Waals surface area contributed by atoms with E-state index in [1.807, 2.05) is 87.8 Å². The molecular weight excluding hydrogens is 869 g/mol. The van der Waals surface area contributed by atoms with Crippen LogP contribution in [0.1, 0.15) is 89.6 Å². The molecule has 2 aliphatic heterocycles. The number of thiazole rings is 1. The van der Waals surface area contributed by atoms with E-state index in [-0.39, 0.29) is 37.2 Å². The standard InChI is InChI=1S/C28H35O2S2.C24H21N2O2S2.2CH3/c1-10-30-26-21(13-19-11-17(2)31-18(3)12-19)25(29)22(26)14-20-15-23(27(4,5)6)32-24(16-20)28(7,8)9;1-4-28-24-15(13-21-25(2)17-9-5-7-11-19(17)29-21)23(27)16(24)14-22-26(3)18-10-6-8-12-20(18)30-22;;/h11-16H,10H2,1-9H3;5-14H,4H2,1-3H3;2*1H3/q2*+1;2*-1. The number of ether oxygens (including phenoxy) is 2. The second-order valence-corrected chi connectivity index (χ2v) is 22.3. The SMILES string of the molecule is CCOC1=C(C=C2C=C(C)SC(C)=C2)C(=O)C1=Cc1cc(C(C)(C)C)[s+]c(C(C)(C)C)c1.CCOC1=C(C=C2Sc3ccccc3N2C)C(=O)C1=Cc1sc2ccccc2[n+]1C.[CH3-].[CH3-]. The van der Waals surface area contributed by atoms with E-state index < -0.39 is 0 Å². The maximum atomic E-state index is 13.2. The van der Waals surface area contributed by atoms with Gasteiger partial charge in [-0.3, -0.25) is 9.59 Å². The summed E-state index contributed by atoms with van der Waals surface area (Å²) in [6, 6.07) is 21.0. The first kappa shape index (κ1) is 50.3. The third kappa shape index (κ3) is 10.5. The largest absolute Gasteiger partial charge is 0.492 e. The molecule has 0 saturated carbocycles. The van der Waals surface area contributed by atoms with E-state index in [1.165, 1.54) is 29.2 Å². The zero-order valence-electron chi connectivity index (χ0n) is 39.8. The van der Waals surface area contributed by atoms with Crippen LogP contribution in [0.4, 0.5) is 5.69 Å². The van der Waals surface area contributed by atoms with Gasteiger partial charge in [-0.25, -0.2) is 0 Å². The lowest BCUT2D eigenvalue weighted by molar-refractivity contribution is -0.642. The van der Waals surface area contributed by atoms with Gasteiger partial charge in [-0.2, -0.15) is 4.57 Å². The number of para-hydroxylation sites is 2. The highest BCUT2D eigenvalue weighted by molar-refractivity contribution is 8.06. The number of allylic oxidation sites excluding steroid dienone is 11. The van der Waals surface area contributed by atoms with Crippen molar-refractivity contribution in [1.82, 2.24) is 0 Å². The summed E-state index contributed by atoms with van der Waals surface area (Å²) in [5, 5.41) is 2.06. The van der Waals surface area contributed by atoms with Gasteiger partial charge in [-0.15, -0.1) is 0 Å². The Morgan fingerprint density at radius 2 is 1.25 bits per heavy atom. The van der Waals surface area contributed by atoms with Gasteiger partial charge >= 0.3 is 0 Å². The number of ketones is 2. The molecule has 0 N–H and O–H groups in total. The molecular formula is C54H62N2O4S4. The number of fused-ring (bicyclic) bond motifs is 2. The number of benzene rings is 2. The Labute approximate surface area is 398 Å². The van der Waals surface area contributed by atoms with Gasteiger partial charge in [0.1, 0.15) is 23.3 Å². The third-order valence-corrected chi connectivity index (χ3v) is 15.7. The molecule has 2 aromatic heterocycles. The number of hydrogen-bond donors (Lipinski definition) is 0. The third-order valence-electron chi connectivity index (χ3n) is 10.6. The number of aryl methyl sites for hydroxylation is 1. The molecule has 0 spiro atoms. The maximum absolute atomic E-state index is 13.2. The van der Waals surface area contributed by atoms with E-state index in [0.717, 1.165) is 32.4 Å². The van der Waals surface area contributed by atoms with Crippen LogP contribution in [0.2, 0.25) is 0 Å².